The van der Waals surface area contributed by atoms with Gasteiger partial charge in [-0.2, -0.15) is 0 Å². The Morgan fingerprint density at radius 2 is 2.07 bits per heavy atom. The van der Waals surface area contributed by atoms with Gasteiger partial charge in [0.1, 0.15) is 24.7 Å². The first-order valence-electron chi connectivity index (χ1n) is 9.20. The Hall–Kier alpha value is -2.77. The first-order valence-corrected chi connectivity index (χ1v) is 10.0. The quantitative estimate of drug-likeness (QED) is 0.671. The number of anilines is 1. The molecular formula is C21H21FN3O2S+. The minimum Gasteiger partial charge on any atom is -0.484 e. The fraction of sp³-hybridized carbons (Fsp3) is 0.238. The summed E-state index contributed by atoms with van der Waals surface area (Å²) in [6.07, 6.45) is 0.906. The molecule has 1 aromatic heterocycles. The van der Waals surface area contributed by atoms with E-state index in [9.17, 15) is 9.18 Å². The number of ether oxygens (including phenoxy) is 1. The number of carbonyl (C=O) groups is 1. The Labute approximate surface area is 166 Å². The monoisotopic (exact) mass is 398 g/mol. The van der Waals surface area contributed by atoms with Gasteiger partial charge in [0.05, 0.1) is 17.1 Å². The number of rotatable bonds is 6. The Bertz CT molecular complexity index is 961. The fourth-order valence-electron chi connectivity index (χ4n) is 3.28. The zero-order chi connectivity index (χ0) is 19.3. The predicted molar refractivity (Wildman–Crippen MR) is 106 cm³/mol. The second-order valence-electron chi connectivity index (χ2n) is 6.77. The van der Waals surface area contributed by atoms with Crippen LogP contribution in [0.1, 0.15) is 16.1 Å². The Morgan fingerprint density at radius 1 is 1.21 bits per heavy atom. The highest BCUT2D eigenvalue weighted by Gasteiger charge is 2.24. The van der Waals surface area contributed by atoms with Crippen LogP contribution in [0.25, 0.3) is 0 Å². The van der Waals surface area contributed by atoms with Crippen molar-refractivity contribution < 1.29 is 18.8 Å². The molecule has 2 N–H and O–H groups in total. The average Bonchev–Trinajstić information content (AvgIpc) is 3.09. The number of nitrogens with one attached hydrogen (secondary N) is 2. The van der Waals surface area contributed by atoms with Crippen LogP contribution in [0.5, 0.6) is 5.75 Å². The summed E-state index contributed by atoms with van der Waals surface area (Å²) in [6, 6.07) is 16.2. The molecule has 0 saturated heterocycles. The number of carbonyl (C=O) groups excluding carboxylic acids is 1. The zero-order valence-electron chi connectivity index (χ0n) is 15.3. The Kier molecular flexibility index (Phi) is 5.64. The van der Waals surface area contributed by atoms with Gasteiger partial charge in [-0.15, -0.1) is 0 Å². The third kappa shape index (κ3) is 4.74. The van der Waals surface area contributed by atoms with Gasteiger partial charge < -0.3 is 9.64 Å². The van der Waals surface area contributed by atoms with Crippen LogP contribution in [0.3, 0.4) is 0 Å². The van der Waals surface area contributed by atoms with Crippen LogP contribution in [0, 0.1) is 5.82 Å². The standard InChI is InChI=1S/C21H20FN3O2S/c22-16-7-4-8-17(11-16)27-14-20(26)24-21-23-18-9-10-25(13-19(18)28-21)12-15-5-2-1-3-6-15/h1-8,11H,9-10,12-14H2,(H,23,24,26)/p+1. The molecule has 0 radical (unpaired) electrons. The van der Waals surface area contributed by atoms with E-state index in [1.807, 2.05) is 6.07 Å². The summed E-state index contributed by atoms with van der Waals surface area (Å²) in [5, 5.41) is 3.39. The summed E-state index contributed by atoms with van der Waals surface area (Å²) >= 11 is 1.52. The minimum atomic E-state index is -0.395. The van der Waals surface area contributed by atoms with E-state index < -0.39 is 5.82 Å². The van der Waals surface area contributed by atoms with Gasteiger partial charge in [0, 0.05) is 18.1 Å². The van der Waals surface area contributed by atoms with Gasteiger partial charge in [-0.25, -0.2) is 9.37 Å². The van der Waals surface area contributed by atoms with E-state index in [2.05, 4.69) is 34.6 Å². The van der Waals surface area contributed by atoms with Crippen LogP contribution >= 0.6 is 11.3 Å². The van der Waals surface area contributed by atoms with Crippen molar-refractivity contribution in [1.82, 2.24) is 4.98 Å². The van der Waals surface area contributed by atoms with Crippen LogP contribution in [0.4, 0.5) is 9.52 Å². The van der Waals surface area contributed by atoms with Crippen molar-refractivity contribution in [3.8, 4) is 5.75 Å². The van der Waals surface area contributed by atoms with Crippen molar-refractivity contribution in [2.24, 2.45) is 0 Å². The maximum Gasteiger partial charge on any atom is 0.264 e. The van der Waals surface area contributed by atoms with Crippen LogP contribution in [0.15, 0.2) is 54.6 Å². The number of quaternary nitrogens is 1. The second kappa shape index (κ2) is 8.50. The lowest BCUT2D eigenvalue weighted by atomic mass is 10.1. The molecule has 7 heteroatoms. The lowest BCUT2D eigenvalue weighted by Gasteiger charge is -2.22. The molecule has 144 valence electrons. The fourth-order valence-corrected chi connectivity index (χ4v) is 4.37. The largest absolute Gasteiger partial charge is 0.484 e. The summed E-state index contributed by atoms with van der Waals surface area (Å²) in [4.78, 5) is 19.4. The SMILES string of the molecule is O=C(COc1cccc(F)c1)Nc1nc2c(s1)C[NH+](Cc1ccccc1)CC2. The van der Waals surface area contributed by atoms with E-state index in [0.717, 1.165) is 31.7 Å². The number of amides is 1. The molecule has 1 aliphatic heterocycles. The maximum absolute atomic E-state index is 13.1. The number of halogens is 1. The smallest absolute Gasteiger partial charge is 0.264 e. The van der Waals surface area contributed by atoms with Crippen molar-refractivity contribution in [1.29, 1.82) is 0 Å². The van der Waals surface area contributed by atoms with Crippen molar-refractivity contribution >= 4 is 22.4 Å². The first kappa shape index (κ1) is 18.6. The average molecular weight is 398 g/mol. The number of hydrogen-bond acceptors (Lipinski definition) is 4. The number of benzene rings is 2. The van der Waals surface area contributed by atoms with E-state index in [-0.39, 0.29) is 12.5 Å². The van der Waals surface area contributed by atoms with Gasteiger partial charge in [0.25, 0.3) is 5.91 Å². The number of nitrogens with zero attached hydrogens (tertiary/aromatic N) is 1. The highest BCUT2D eigenvalue weighted by Crippen LogP contribution is 2.24. The number of fused-ring (bicyclic) bond motifs is 1. The van der Waals surface area contributed by atoms with Crippen molar-refractivity contribution in [3.63, 3.8) is 0 Å². The van der Waals surface area contributed by atoms with Crippen molar-refractivity contribution in [2.75, 3.05) is 18.5 Å². The molecule has 1 aliphatic rings. The molecular weight excluding hydrogens is 377 g/mol. The highest BCUT2D eigenvalue weighted by atomic mass is 32.1. The van der Waals surface area contributed by atoms with Crippen LogP contribution in [-0.4, -0.2) is 24.0 Å². The van der Waals surface area contributed by atoms with E-state index in [1.165, 1.54) is 38.8 Å². The molecule has 3 aromatic rings. The van der Waals surface area contributed by atoms with Crippen LogP contribution in [-0.2, 0) is 24.3 Å². The lowest BCUT2D eigenvalue weighted by Crippen LogP contribution is -3.10. The molecule has 0 saturated carbocycles. The summed E-state index contributed by atoms with van der Waals surface area (Å²) in [6.45, 7) is 2.75. The van der Waals surface area contributed by atoms with E-state index in [1.54, 1.807) is 12.1 Å². The van der Waals surface area contributed by atoms with Gasteiger partial charge in [0.2, 0.25) is 0 Å². The lowest BCUT2D eigenvalue weighted by molar-refractivity contribution is -0.929. The van der Waals surface area contributed by atoms with Gasteiger partial charge in [-0.3, -0.25) is 10.1 Å². The molecule has 1 amide bonds. The molecule has 2 heterocycles. The van der Waals surface area contributed by atoms with E-state index in [4.69, 9.17) is 4.74 Å². The Balaban J connectivity index is 1.32. The Morgan fingerprint density at radius 3 is 2.89 bits per heavy atom. The second-order valence-corrected chi connectivity index (χ2v) is 7.86. The van der Waals surface area contributed by atoms with Crippen LogP contribution < -0.4 is 15.0 Å². The maximum atomic E-state index is 13.1. The van der Waals surface area contributed by atoms with Crippen molar-refractivity contribution in [3.05, 3.63) is 76.5 Å². The summed E-state index contributed by atoms with van der Waals surface area (Å²) < 4.78 is 18.5. The molecule has 5 nitrogen and oxygen atoms in total. The molecule has 4 rings (SSSR count). The highest BCUT2D eigenvalue weighted by molar-refractivity contribution is 7.15. The van der Waals surface area contributed by atoms with Gasteiger partial charge in [-0.05, 0) is 12.1 Å². The number of thiazole rings is 1. The van der Waals surface area contributed by atoms with Gasteiger partial charge in [0.15, 0.2) is 11.7 Å². The predicted octanol–water partition coefficient (Wildman–Crippen LogP) is 2.44. The first-order chi connectivity index (χ1) is 13.7. The molecule has 0 spiro atoms. The minimum absolute atomic E-state index is 0.181. The molecule has 0 fully saturated rings. The van der Waals surface area contributed by atoms with Gasteiger partial charge in [-0.1, -0.05) is 47.7 Å². The molecule has 28 heavy (non-hydrogen) atoms. The molecule has 2 aromatic carbocycles. The molecule has 0 aliphatic carbocycles. The molecule has 1 unspecified atom stereocenters. The van der Waals surface area contributed by atoms with Crippen LogP contribution in [0.2, 0.25) is 0 Å². The topological polar surface area (TPSA) is 55.7 Å². The van der Waals surface area contributed by atoms with Crippen molar-refractivity contribution in [2.45, 2.75) is 19.5 Å². The number of hydrogen-bond donors (Lipinski definition) is 2. The summed E-state index contributed by atoms with van der Waals surface area (Å²) in [5.74, 6) is -0.370. The van der Waals surface area contributed by atoms with E-state index >= 15 is 0 Å². The summed E-state index contributed by atoms with van der Waals surface area (Å²) in [5.41, 5.74) is 2.40. The normalized spacial score (nSPS) is 15.7. The number of aromatic nitrogens is 1. The zero-order valence-corrected chi connectivity index (χ0v) is 16.1. The molecule has 0 bridgehead atoms. The molecule has 1 atom stereocenters. The van der Waals surface area contributed by atoms with Gasteiger partial charge >= 0.3 is 0 Å². The third-order valence-electron chi connectivity index (χ3n) is 4.61. The summed E-state index contributed by atoms with van der Waals surface area (Å²) in [7, 11) is 0. The van der Waals surface area contributed by atoms with E-state index in [0.29, 0.717) is 10.9 Å². The third-order valence-corrected chi connectivity index (χ3v) is 5.63.